The molecule has 1 rings (SSSR count). The smallest absolute Gasteiger partial charge is 0.410 e. The molecule has 0 atom stereocenters. The molecule has 54 valence electrons. The maximum Gasteiger partial charge on any atom is 3.00 e. The van der Waals surface area contributed by atoms with Crippen LogP contribution in [0.1, 0.15) is 5.82 Å². The van der Waals surface area contributed by atoms with Crippen LogP contribution in [0.15, 0.2) is 0 Å². The van der Waals surface area contributed by atoms with Crippen molar-refractivity contribution in [2.45, 2.75) is 6.92 Å². The van der Waals surface area contributed by atoms with Crippen molar-refractivity contribution >= 4 is 11.9 Å². The van der Waals surface area contributed by atoms with Crippen LogP contribution in [0, 0.1) is 6.92 Å². The molecule has 0 fully saturated rings. The number of aromatic nitrogens is 3. The van der Waals surface area contributed by atoms with Gasteiger partial charge in [-0.15, -0.1) is 0 Å². The van der Waals surface area contributed by atoms with Crippen molar-refractivity contribution in [1.82, 2.24) is 15.0 Å². The summed E-state index contributed by atoms with van der Waals surface area (Å²) < 4.78 is 0. The first-order valence-electron chi connectivity index (χ1n) is 2.84. The van der Waals surface area contributed by atoms with E-state index in [0.717, 1.165) is 0 Å². The molecule has 1 aromatic heterocycles. The van der Waals surface area contributed by atoms with Crippen molar-refractivity contribution < 1.29 is 32.7 Å². The zero-order valence-corrected chi connectivity index (χ0v) is 9.26. The molecule has 11 heavy (non-hydrogen) atoms. The Balaban J connectivity index is 0.000001000. The Bertz CT molecular complexity index is 218. The topological polar surface area (TPSA) is 74.5 Å². The largest absolute Gasteiger partial charge is 3.00 e. The number of nitrogens with zero attached hydrogens (tertiary/aromatic N) is 3. The monoisotopic (exact) mass is 227 g/mol. The Morgan fingerprint density at radius 1 is 1.27 bits per heavy atom. The van der Waals surface area contributed by atoms with Crippen LogP contribution in [-0.4, -0.2) is 22.0 Å². The van der Waals surface area contributed by atoms with Gasteiger partial charge in [-0.25, -0.2) is 4.98 Å². The van der Waals surface area contributed by atoms with E-state index in [-0.39, 0.29) is 38.7 Å². The molecular weight excluding hydrogens is 219 g/mol. The SMILES string of the molecule is CNc1nc(C)nc([NH-])n1.[Y+3]. The molecular formula is C5H8N5Y+2. The molecule has 0 aliphatic rings. The third-order valence-electron chi connectivity index (χ3n) is 0.971. The Labute approximate surface area is 90.1 Å². The summed E-state index contributed by atoms with van der Waals surface area (Å²) in [6.45, 7) is 1.72. The van der Waals surface area contributed by atoms with Gasteiger partial charge in [-0.1, -0.05) is 0 Å². The second-order valence-corrected chi connectivity index (χ2v) is 1.78. The van der Waals surface area contributed by atoms with Gasteiger partial charge in [0.25, 0.3) is 0 Å². The van der Waals surface area contributed by atoms with E-state index in [0.29, 0.717) is 11.8 Å². The van der Waals surface area contributed by atoms with E-state index >= 15 is 0 Å². The first-order valence-corrected chi connectivity index (χ1v) is 2.84. The van der Waals surface area contributed by atoms with Crippen molar-refractivity contribution in [1.29, 1.82) is 0 Å². The third-order valence-corrected chi connectivity index (χ3v) is 0.971. The predicted octanol–water partition coefficient (Wildman–Crippen LogP) is 0.903. The van der Waals surface area contributed by atoms with E-state index in [9.17, 15) is 0 Å². The van der Waals surface area contributed by atoms with Crippen LogP contribution >= 0.6 is 0 Å². The van der Waals surface area contributed by atoms with Crippen LogP contribution in [-0.2, 0) is 32.7 Å². The molecule has 1 heterocycles. The van der Waals surface area contributed by atoms with Gasteiger partial charge in [0.1, 0.15) is 0 Å². The fourth-order valence-corrected chi connectivity index (χ4v) is 0.594. The summed E-state index contributed by atoms with van der Waals surface area (Å²) in [7, 11) is 1.70. The Hall–Kier alpha value is -0.286. The van der Waals surface area contributed by atoms with Crippen LogP contribution < -0.4 is 5.32 Å². The van der Waals surface area contributed by atoms with Crippen LogP contribution in [0.5, 0.6) is 0 Å². The van der Waals surface area contributed by atoms with Crippen molar-refractivity contribution in [3.63, 3.8) is 0 Å². The Morgan fingerprint density at radius 3 is 2.36 bits per heavy atom. The summed E-state index contributed by atoms with van der Waals surface area (Å²) in [6, 6.07) is 0. The molecule has 5 nitrogen and oxygen atoms in total. The second kappa shape index (κ2) is 4.56. The van der Waals surface area contributed by atoms with Crippen LogP contribution in [0.2, 0.25) is 0 Å². The number of hydrogen-bond donors (Lipinski definition) is 1. The van der Waals surface area contributed by atoms with E-state index in [1.807, 2.05) is 0 Å². The van der Waals surface area contributed by atoms with E-state index < -0.39 is 0 Å². The Kier molecular flexibility index (Phi) is 4.44. The summed E-state index contributed by atoms with van der Waals surface area (Å²) in [5.74, 6) is 0.999. The van der Waals surface area contributed by atoms with Gasteiger partial charge in [-0.2, -0.15) is 0 Å². The van der Waals surface area contributed by atoms with Gasteiger partial charge in [0.2, 0.25) is 0 Å². The minimum Gasteiger partial charge on any atom is -0.410 e. The maximum absolute atomic E-state index is 7.08. The molecule has 2 N–H and O–H groups in total. The van der Waals surface area contributed by atoms with Gasteiger partial charge >= 0.3 is 32.7 Å². The predicted molar refractivity (Wildman–Crippen MR) is 38.1 cm³/mol. The van der Waals surface area contributed by atoms with E-state index in [1.165, 1.54) is 0 Å². The fraction of sp³-hybridized carbons (Fsp3) is 0.400. The molecule has 0 unspecified atom stereocenters. The molecule has 6 heteroatoms. The van der Waals surface area contributed by atoms with Crippen LogP contribution in [0.4, 0.5) is 11.9 Å². The van der Waals surface area contributed by atoms with E-state index in [1.54, 1.807) is 14.0 Å². The molecule has 0 amide bonds. The molecule has 0 radical (unpaired) electrons. The number of nitrogens with one attached hydrogen (secondary N) is 2. The van der Waals surface area contributed by atoms with Gasteiger partial charge in [0.15, 0.2) is 5.95 Å². The number of aryl methyl sites for hydroxylation is 1. The maximum atomic E-state index is 7.08. The second-order valence-electron chi connectivity index (χ2n) is 1.78. The Morgan fingerprint density at radius 2 is 1.91 bits per heavy atom. The van der Waals surface area contributed by atoms with E-state index in [4.69, 9.17) is 5.73 Å². The number of anilines is 1. The fourth-order valence-electron chi connectivity index (χ4n) is 0.594. The average Bonchev–Trinajstić information content (AvgIpc) is 1.85. The summed E-state index contributed by atoms with van der Waals surface area (Å²) in [5, 5.41) is 2.73. The van der Waals surface area contributed by atoms with Crippen molar-refractivity contribution in [3.8, 4) is 0 Å². The zero-order chi connectivity index (χ0) is 7.56. The standard InChI is InChI=1S/C5H8N5.Y/c1-3-8-4(6)10-5(7-2)9-3;/h1-2H3,(H2-,6,7,8,9,10);/q-1;+3. The minimum absolute atomic E-state index is 0. The summed E-state index contributed by atoms with van der Waals surface area (Å²) in [5.41, 5.74) is 7.08. The molecule has 0 aliphatic carbocycles. The van der Waals surface area contributed by atoms with Gasteiger partial charge in [-0.3, -0.25) is 0 Å². The van der Waals surface area contributed by atoms with Gasteiger partial charge in [0.05, 0.1) is 5.82 Å². The third kappa shape index (κ3) is 3.07. The number of rotatable bonds is 1. The van der Waals surface area contributed by atoms with Crippen LogP contribution in [0.25, 0.3) is 5.73 Å². The molecule has 0 spiro atoms. The summed E-state index contributed by atoms with van der Waals surface area (Å²) in [6.07, 6.45) is 0. The van der Waals surface area contributed by atoms with Crippen molar-refractivity contribution in [3.05, 3.63) is 11.6 Å². The molecule has 0 saturated carbocycles. The first-order chi connectivity index (χ1) is 4.72. The quantitative estimate of drug-likeness (QED) is 0.773. The molecule has 0 saturated heterocycles. The van der Waals surface area contributed by atoms with Gasteiger partial charge < -0.3 is 21.0 Å². The van der Waals surface area contributed by atoms with Gasteiger partial charge in [0, 0.05) is 13.0 Å². The summed E-state index contributed by atoms with van der Waals surface area (Å²) in [4.78, 5) is 11.3. The van der Waals surface area contributed by atoms with Crippen LogP contribution in [0.3, 0.4) is 0 Å². The van der Waals surface area contributed by atoms with E-state index in [2.05, 4.69) is 20.3 Å². The average molecular weight is 227 g/mol. The van der Waals surface area contributed by atoms with Crippen molar-refractivity contribution in [2.24, 2.45) is 0 Å². The van der Waals surface area contributed by atoms with Crippen molar-refractivity contribution in [2.75, 3.05) is 12.4 Å². The molecule has 0 bridgehead atoms. The summed E-state index contributed by atoms with van der Waals surface area (Å²) >= 11 is 0. The normalized spacial score (nSPS) is 8.55. The van der Waals surface area contributed by atoms with Gasteiger partial charge in [-0.05, 0) is 6.92 Å². The number of hydrogen-bond acceptors (Lipinski definition) is 4. The molecule has 0 aromatic carbocycles. The molecule has 0 aliphatic heterocycles. The first kappa shape index (κ1) is 10.7. The molecule has 1 aromatic rings. The minimum atomic E-state index is -0.00292. The zero-order valence-electron chi connectivity index (χ0n) is 6.42.